The van der Waals surface area contributed by atoms with Gasteiger partial charge in [0, 0.05) is 0 Å². The summed E-state index contributed by atoms with van der Waals surface area (Å²) in [6.07, 6.45) is 1.70. The molecule has 9 nitrogen and oxygen atoms in total. The lowest BCUT2D eigenvalue weighted by atomic mass is 9.84. The highest BCUT2D eigenvalue weighted by molar-refractivity contribution is 7.07. The van der Waals surface area contributed by atoms with E-state index in [1.54, 1.807) is 42.5 Å². The summed E-state index contributed by atoms with van der Waals surface area (Å²) in [6, 6.07) is 14.9. The van der Waals surface area contributed by atoms with Crippen LogP contribution in [-0.2, 0) is 0 Å². The molecule has 4 heterocycles. The molecule has 1 atom stereocenters. The Hall–Kier alpha value is -4.67. The third-order valence-electron chi connectivity index (χ3n) is 5.81. The summed E-state index contributed by atoms with van der Waals surface area (Å²) in [7, 11) is 0. The fraction of sp³-hybridized carbons (Fsp3) is 0.125. The molecule has 0 radical (unpaired) electrons. The Morgan fingerprint density at radius 1 is 0.941 bits per heavy atom. The number of nitrogens with two attached hydrogens (primary N) is 1. The summed E-state index contributed by atoms with van der Waals surface area (Å²) in [6.45, 7) is 0.250. The van der Waals surface area contributed by atoms with Crippen LogP contribution in [0.2, 0.25) is 0 Å². The zero-order chi connectivity index (χ0) is 23.4. The van der Waals surface area contributed by atoms with Crippen molar-refractivity contribution in [1.29, 1.82) is 10.5 Å². The van der Waals surface area contributed by atoms with Gasteiger partial charge in [-0.3, -0.25) is 9.36 Å². The minimum absolute atomic E-state index is 0.00533. The van der Waals surface area contributed by atoms with Crippen molar-refractivity contribution in [2.75, 3.05) is 13.6 Å². The number of ether oxygens (including phenoxy) is 4. The van der Waals surface area contributed by atoms with Gasteiger partial charge in [-0.25, -0.2) is 0 Å². The standard InChI is InChI=1S/C24H14N4O5S/c25-8-14-21(13-2-4-17-19(7-13)33-11-31-17)15(9-26)24-28(22(14)27)23(29)20(34-24)6-12-1-3-16-18(5-12)32-10-30-16/h1-7,21H,10-11,27H2/b20-6+/t21-/m0/s1. The van der Waals surface area contributed by atoms with Gasteiger partial charge in [-0.2, -0.15) is 10.5 Å². The lowest BCUT2D eigenvalue weighted by Gasteiger charge is -2.22. The highest BCUT2D eigenvalue weighted by Gasteiger charge is 2.33. The molecular formula is C24H14N4O5S. The molecule has 166 valence electrons. The number of hydrogen-bond donors (Lipinski definition) is 1. The average Bonchev–Trinajstić information content (AvgIpc) is 3.57. The van der Waals surface area contributed by atoms with Crippen LogP contribution in [0.5, 0.6) is 23.0 Å². The second-order valence-electron chi connectivity index (χ2n) is 7.65. The Bertz CT molecular complexity index is 1690. The maximum absolute atomic E-state index is 13.3. The molecule has 3 aliphatic rings. The Kier molecular flexibility index (Phi) is 4.37. The number of rotatable bonds is 2. The lowest BCUT2D eigenvalue weighted by molar-refractivity contribution is 0.173. The van der Waals surface area contributed by atoms with Crippen LogP contribution in [0.3, 0.4) is 0 Å². The van der Waals surface area contributed by atoms with Gasteiger partial charge in [0.25, 0.3) is 5.56 Å². The predicted molar refractivity (Wildman–Crippen MR) is 121 cm³/mol. The van der Waals surface area contributed by atoms with Gasteiger partial charge in [-0.15, -0.1) is 11.3 Å². The average molecular weight is 470 g/mol. The van der Waals surface area contributed by atoms with E-state index in [2.05, 4.69) is 12.1 Å². The van der Waals surface area contributed by atoms with Crippen molar-refractivity contribution in [1.82, 2.24) is 4.57 Å². The molecule has 2 N–H and O–H groups in total. The number of hydrogen-bond acceptors (Lipinski definition) is 9. The fourth-order valence-electron chi connectivity index (χ4n) is 4.23. The van der Waals surface area contributed by atoms with Crippen LogP contribution in [-0.4, -0.2) is 18.2 Å². The second-order valence-corrected chi connectivity index (χ2v) is 8.68. The van der Waals surface area contributed by atoms with Gasteiger partial charge in [0.1, 0.15) is 10.5 Å². The lowest BCUT2D eigenvalue weighted by Crippen LogP contribution is -2.38. The molecule has 0 unspecified atom stereocenters. The maximum Gasteiger partial charge on any atom is 0.274 e. The first-order valence-electron chi connectivity index (χ1n) is 10.2. The molecule has 0 bridgehead atoms. The first-order chi connectivity index (χ1) is 16.6. The zero-order valence-corrected chi connectivity index (χ0v) is 18.2. The first kappa shape index (κ1) is 20.0. The summed E-state index contributed by atoms with van der Waals surface area (Å²) in [5.41, 5.74) is 7.70. The molecule has 3 aliphatic heterocycles. The van der Waals surface area contributed by atoms with E-state index in [4.69, 9.17) is 24.7 Å². The van der Waals surface area contributed by atoms with Crippen LogP contribution in [0.4, 0.5) is 0 Å². The van der Waals surface area contributed by atoms with Gasteiger partial charge in [-0.1, -0.05) is 12.1 Å². The van der Waals surface area contributed by atoms with Crippen molar-refractivity contribution < 1.29 is 18.9 Å². The van der Waals surface area contributed by atoms with Crippen LogP contribution in [0.25, 0.3) is 17.5 Å². The highest BCUT2D eigenvalue weighted by Crippen LogP contribution is 2.41. The normalized spacial score (nSPS) is 18.0. The van der Waals surface area contributed by atoms with E-state index < -0.39 is 11.5 Å². The van der Waals surface area contributed by atoms with Crippen molar-refractivity contribution >= 4 is 28.8 Å². The van der Waals surface area contributed by atoms with Crippen molar-refractivity contribution in [3.63, 3.8) is 0 Å². The van der Waals surface area contributed by atoms with Crippen LogP contribution >= 0.6 is 11.3 Å². The minimum Gasteiger partial charge on any atom is -0.454 e. The van der Waals surface area contributed by atoms with Crippen LogP contribution in [0, 0.1) is 22.7 Å². The van der Waals surface area contributed by atoms with Gasteiger partial charge in [0.15, 0.2) is 23.0 Å². The molecule has 0 saturated carbocycles. The number of benzene rings is 2. The van der Waals surface area contributed by atoms with E-state index in [1.165, 1.54) is 4.57 Å². The van der Waals surface area contributed by atoms with E-state index in [0.29, 0.717) is 37.8 Å². The third kappa shape index (κ3) is 2.86. The monoisotopic (exact) mass is 470 g/mol. The van der Waals surface area contributed by atoms with Crippen LogP contribution < -0.4 is 39.4 Å². The van der Waals surface area contributed by atoms with Gasteiger partial charge in [0.2, 0.25) is 13.6 Å². The minimum atomic E-state index is -0.735. The third-order valence-corrected chi connectivity index (χ3v) is 6.92. The molecule has 34 heavy (non-hydrogen) atoms. The first-order valence-corrected chi connectivity index (χ1v) is 11.0. The van der Waals surface area contributed by atoms with Gasteiger partial charge < -0.3 is 24.7 Å². The Morgan fingerprint density at radius 3 is 2.29 bits per heavy atom. The number of fused-ring (bicyclic) bond motifs is 3. The molecular weight excluding hydrogens is 456 g/mol. The molecule has 2 aromatic carbocycles. The fourth-order valence-corrected chi connectivity index (χ4v) is 5.36. The molecule has 0 fully saturated rings. The highest BCUT2D eigenvalue weighted by atomic mass is 32.1. The SMILES string of the molecule is N#CC1=C(N)n2c(s/c(=C/c3ccc4c(c3)OCO4)c2=O)=C(C#N)[C@H]1c1ccc2c(c1)OCO2. The molecule has 10 heteroatoms. The van der Waals surface area contributed by atoms with E-state index in [-0.39, 0.29) is 30.6 Å². The topological polar surface area (TPSA) is 133 Å². The summed E-state index contributed by atoms with van der Waals surface area (Å²) >= 11 is 1.15. The summed E-state index contributed by atoms with van der Waals surface area (Å²) in [5, 5.41) is 20.0. The van der Waals surface area contributed by atoms with Gasteiger partial charge in [0.05, 0.1) is 33.7 Å². The molecule has 0 amide bonds. The number of nitrogens with zero attached hydrogens (tertiary/aromatic N) is 3. The molecule has 0 aliphatic carbocycles. The van der Waals surface area contributed by atoms with Crippen molar-refractivity contribution in [3.05, 3.63) is 72.6 Å². The number of aromatic nitrogens is 1. The number of thiazole rings is 1. The molecule has 0 spiro atoms. The van der Waals surface area contributed by atoms with E-state index in [1.807, 2.05) is 0 Å². The smallest absolute Gasteiger partial charge is 0.274 e. The molecule has 3 aromatic rings. The molecule has 0 saturated heterocycles. The van der Waals surface area contributed by atoms with Gasteiger partial charge >= 0.3 is 0 Å². The van der Waals surface area contributed by atoms with Crippen molar-refractivity contribution in [2.45, 2.75) is 5.92 Å². The largest absolute Gasteiger partial charge is 0.454 e. The predicted octanol–water partition coefficient (Wildman–Crippen LogP) is 1.32. The maximum atomic E-state index is 13.3. The van der Waals surface area contributed by atoms with Crippen LogP contribution in [0.15, 0.2) is 46.8 Å². The van der Waals surface area contributed by atoms with Crippen molar-refractivity contribution in [3.8, 4) is 35.1 Å². The number of allylic oxidation sites excluding steroid dienone is 1. The van der Waals surface area contributed by atoms with Crippen LogP contribution in [0.1, 0.15) is 17.0 Å². The Balaban J connectivity index is 1.58. The molecule has 1 aromatic heterocycles. The van der Waals surface area contributed by atoms with Gasteiger partial charge in [-0.05, 0) is 41.5 Å². The second kappa shape index (κ2) is 7.44. The van der Waals surface area contributed by atoms with E-state index in [9.17, 15) is 15.3 Å². The van der Waals surface area contributed by atoms with Crippen molar-refractivity contribution in [2.24, 2.45) is 5.73 Å². The van der Waals surface area contributed by atoms with E-state index >= 15 is 0 Å². The quantitative estimate of drug-likeness (QED) is 0.593. The Morgan fingerprint density at radius 2 is 1.59 bits per heavy atom. The molecule has 6 rings (SSSR count). The summed E-state index contributed by atoms with van der Waals surface area (Å²) in [4.78, 5) is 13.3. The zero-order valence-electron chi connectivity index (χ0n) is 17.4. The summed E-state index contributed by atoms with van der Waals surface area (Å²) in [5.74, 6) is 1.61. The van der Waals surface area contributed by atoms with E-state index in [0.717, 1.165) is 16.9 Å². The Labute approximate surface area is 196 Å². The number of nitriles is 2. The summed E-state index contributed by atoms with van der Waals surface area (Å²) < 4.78 is 23.6.